The summed E-state index contributed by atoms with van der Waals surface area (Å²) < 4.78 is 26.4. The van der Waals surface area contributed by atoms with Crippen molar-refractivity contribution < 1.29 is 13.2 Å². The lowest BCUT2D eigenvalue weighted by molar-refractivity contribution is 0.102. The lowest BCUT2D eigenvalue weighted by atomic mass is 10.1. The molecule has 0 atom stereocenters. The molecule has 1 aliphatic heterocycles. The van der Waals surface area contributed by atoms with Gasteiger partial charge in [-0.2, -0.15) is 0 Å². The predicted molar refractivity (Wildman–Crippen MR) is 118 cm³/mol. The second-order valence-electron chi connectivity index (χ2n) is 7.49. The fourth-order valence-electron chi connectivity index (χ4n) is 3.55. The molecule has 0 saturated carbocycles. The molecule has 1 fully saturated rings. The highest BCUT2D eigenvalue weighted by atomic mass is 32.2. The number of carbonyl (C=O) groups is 1. The van der Waals surface area contributed by atoms with E-state index in [2.05, 4.69) is 21.0 Å². The molecule has 2 aromatic carbocycles. The number of likely N-dealkylation sites (tertiary alicyclic amines) is 1. The highest BCUT2D eigenvalue weighted by molar-refractivity contribution is 7.92. The van der Waals surface area contributed by atoms with E-state index >= 15 is 0 Å². The van der Waals surface area contributed by atoms with Crippen molar-refractivity contribution in [3.8, 4) is 0 Å². The van der Waals surface area contributed by atoms with Crippen LogP contribution in [0.4, 0.5) is 11.4 Å². The van der Waals surface area contributed by atoms with Crippen LogP contribution in [-0.2, 0) is 16.6 Å². The average molecular weight is 416 g/mol. The van der Waals surface area contributed by atoms with Crippen LogP contribution in [0.25, 0.3) is 0 Å². The average Bonchev–Trinajstić information content (AvgIpc) is 2.69. The van der Waals surface area contributed by atoms with E-state index in [1.54, 1.807) is 24.3 Å². The molecule has 29 heavy (non-hydrogen) atoms. The number of hydrogen-bond donors (Lipinski definition) is 2. The normalized spacial score (nSPS) is 15.1. The molecule has 1 saturated heterocycles. The van der Waals surface area contributed by atoms with E-state index in [1.165, 1.54) is 24.8 Å². The van der Waals surface area contributed by atoms with Gasteiger partial charge in [0.05, 0.1) is 5.75 Å². The van der Waals surface area contributed by atoms with E-state index in [0.29, 0.717) is 17.7 Å². The molecule has 156 valence electrons. The van der Waals surface area contributed by atoms with Gasteiger partial charge in [-0.25, -0.2) is 8.42 Å². The third-order valence-electron chi connectivity index (χ3n) is 4.91. The second kappa shape index (κ2) is 9.89. The minimum atomic E-state index is -3.39. The Morgan fingerprint density at radius 1 is 1.00 bits per heavy atom. The summed E-state index contributed by atoms with van der Waals surface area (Å²) in [4.78, 5) is 15.1. The molecule has 6 nitrogen and oxygen atoms in total. The van der Waals surface area contributed by atoms with Gasteiger partial charge < -0.3 is 5.32 Å². The Morgan fingerprint density at radius 2 is 1.72 bits per heavy atom. The van der Waals surface area contributed by atoms with Crippen LogP contribution in [0, 0.1) is 0 Å². The van der Waals surface area contributed by atoms with E-state index < -0.39 is 10.0 Å². The SMILES string of the molecule is CCCS(=O)(=O)Nc1cccc(C(=O)Nc2cccc(CN3CCCCC3)c2)c1. The van der Waals surface area contributed by atoms with Gasteiger partial charge in [-0.3, -0.25) is 14.4 Å². The maximum absolute atomic E-state index is 12.7. The lowest BCUT2D eigenvalue weighted by Crippen LogP contribution is -2.29. The third kappa shape index (κ3) is 6.58. The van der Waals surface area contributed by atoms with Crippen LogP contribution in [0.3, 0.4) is 0 Å². The van der Waals surface area contributed by atoms with Crippen molar-refractivity contribution >= 4 is 27.3 Å². The van der Waals surface area contributed by atoms with Gasteiger partial charge in [0.1, 0.15) is 0 Å². The first-order valence-electron chi connectivity index (χ1n) is 10.2. The number of rotatable bonds is 8. The highest BCUT2D eigenvalue weighted by Gasteiger charge is 2.13. The number of anilines is 2. The van der Waals surface area contributed by atoms with E-state index in [1.807, 2.05) is 25.1 Å². The lowest BCUT2D eigenvalue weighted by Gasteiger charge is -2.26. The Bertz CT molecular complexity index is 938. The van der Waals surface area contributed by atoms with Crippen LogP contribution in [0.15, 0.2) is 48.5 Å². The molecule has 0 unspecified atom stereocenters. The van der Waals surface area contributed by atoms with Crippen LogP contribution >= 0.6 is 0 Å². The third-order valence-corrected chi connectivity index (χ3v) is 6.40. The van der Waals surface area contributed by atoms with Crippen molar-refractivity contribution in [1.29, 1.82) is 0 Å². The Hall–Kier alpha value is -2.38. The number of sulfonamides is 1. The molecule has 1 amide bonds. The van der Waals surface area contributed by atoms with Crippen LogP contribution < -0.4 is 10.0 Å². The number of nitrogens with zero attached hydrogens (tertiary/aromatic N) is 1. The Balaban J connectivity index is 1.65. The number of nitrogens with one attached hydrogen (secondary N) is 2. The smallest absolute Gasteiger partial charge is 0.255 e. The molecule has 0 aromatic heterocycles. The number of benzene rings is 2. The van der Waals surface area contributed by atoms with Crippen molar-refractivity contribution in [2.75, 3.05) is 28.9 Å². The highest BCUT2D eigenvalue weighted by Crippen LogP contribution is 2.18. The summed E-state index contributed by atoms with van der Waals surface area (Å²) in [5.41, 5.74) is 2.71. The summed E-state index contributed by atoms with van der Waals surface area (Å²) in [6, 6.07) is 14.4. The minimum absolute atomic E-state index is 0.0488. The molecule has 3 rings (SSSR count). The van der Waals surface area contributed by atoms with Crippen LogP contribution in [0.5, 0.6) is 0 Å². The quantitative estimate of drug-likeness (QED) is 0.681. The zero-order chi connectivity index (χ0) is 20.7. The van der Waals surface area contributed by atoms with Gasteiger partial charge in [-0.05, 0) is 68.2 Å². The zero-order valence-corrected chi connectivity index (χ0v) is 17.7. The van der Waals surface area contributed by atoms with Crippen LogP contribution in [0.1, 0.15) is 48.5 Å². The van der Waals surface area contributed by atoms with Gasteiger partial charge in [0, 0.05) is 23.5 Å². The van der Waals surface area contributed by atoms with Crippen molar-refractivity contribution in [1.82, 2.24) is 4.90 Å². The Labute approximate surface area is 173 Å². The topological polar surface area (TPSA) is 78.5 Å². The molecule has 0 bridgehead atoms. The summed E-state index contributed by atoms with van der Waals surface area (Å²) in [6.07, 6.45) is 4.33. The van der Waals surface area contributed by atoms with Crippen molar-refractivity contribution in [2.24, 2.45) is 0 Å². The van der Waals surface area contributed by atoms with Crippen LogP contribution in [-0.4, -0.2) is 38.1 Å². The first-order chi connectivity index (χ1) is 13.9. The first kappa shape index (κ1) is 21.3. The molecule has 0 radical (unpaired) electrons. The Morgan fingerprint density at radius 3 is 2.48 bits per heavy atom. The molecule has 0 aliphatic carbocycles. The summed E-state index contributed by atoms with van der Waals surface area (Å²) >= 11 is 0. The summed E-state index contributed by atoms with van der Waals surface area (Å²) in [6.45, 7) is 4.94. The standard InChI is InChI=1S/C22H29N3O3S/c1-2-14-29(27,28)24-21-11-7-9-19(16-21)22(26)23-20-10-6-8-18(15-20)17-25-12-4-3-5-13-25/h6-11,15-16,24H,2-5,12-14,17H2,1H3,(H,23,26). The van der Waals surface area contributed by atoms with Crippen LogP contribution in [0.2, 0.25) is 0 Å². The van der Waals surface area contributed by atoms with Gasteiger partial charge in [-0.1, -0.05) is 31.5 Å². The molecular formula is C22H29N3O3S. The molecule has 2 N–H and O–H groups in total. The Kier molecular flexibility index (Phi) is 7.28. The maximum Gasteiger partial charge on any atom is 0.255 e. The monoisotopic (exact) mass is 415 g/mol. The maximum atomic E-state index is 12.7. The van der Waals surface area contributed by atoms with Crippen molar-refractivity contribution in [3.63, 3.8) is 0 Å². The first-order valence-corrected chi connectivity index (χ1v) is 11.8. The zero-order valence-electron chi connectivity index (χ0n) is 16.9. The number of piperidine rings is 1. The fraction of sp³-hybridized carbons (Fsp3) is 0.409. The van der Waals surface area contributed by atoms with E-state index in [4.69, 9.17) is 0 Å². The number of hydrogen-bond acceptors (Lipinski definition) is 4. The predicted octanol–water partition coefficient (Wildman–Crippen LogP) is 4.08. The molecule has 7 heteroatoms. The number of amides is 1. The van der Waals surface area contributed by atoms with Crippen molar-refractivity contribution in [2.45, 2.75) is 39.2 Å². The van der Waals surface area contributed by atoms with Gasteiger partial charge in [0.15, 0.2) is 0 Å². The van der Waals surface area contributed by atoms with E-state index in [0.717, 1.165) is 25.3 Å². The van der Waals surface area contributed by atoms with E-state index in [-0.39, 0.29) is 11.7 Å². The molecular weight excluding hydrogens is 386 g/mol. The fourth-order valence-corrected chi connectivity index (χ4v) is 4.68. The molecule has 1 heterocycles. The molecule has 2 aromatic rings. The van der Waals surface area contributed by atoms with Gasteiger partial charge in [0.25, 0.3) is 5.91 Å². The largest absolute Gasteiger partial charge is 0.322 e. The number of carbonyl (C=O) groups excluding carboxylic acids is 1. The van der Waals surface area contributed by atoms with Gasteiger partial charge in [0.2, 0.25) is 10.0 Å². The molecule has 1 aliphatic rings. The minimum Gasteiger partial charge on any atom is -0.322 e. The van der Waals surface area contributed by atoms with E-state index in [9.17, 15) is 13.2 Å². The summed E-state index contributed by atoms with van der Waals surface area (Å²) in [7, 11) is -3.39. The van der Waals surface area contributed by atoms with Crippen molar-refractivity contribution in [3.05, 3.63) is 59.7 Å². The van der Waals surface area contributed by atoms with Gasteiger partial charge in [-0.15, -0.1) is 0 Å². The second-order valence-corrected chi connectivity index (χ2v) is 9.33. The summed E-state index contributed by atoms with van der Waals surface area (Å²) in [5.74, 6) is -0.218. The summed E-state index contributed by atoms with van der Waals surface area (Å²) in [5, 5.41) is 2.92. The van der Waals surface area contributed by atoms with Gasteiger partial charge >= 0.3 is 0 Å². The molecule has 0 spiro atoms.